The van der Waals surface area contributed by atoms with Gasteiger partial charge in [-0.1, -0.05) is 11.6 Å². The van der Waals surface area contributed by atoms with E-state index in [1.807, 2.05) is 0 Å². The molecule has 0 fully saturated rings. The standard InChI is InChI=1S/C10H11ClN2O4/c1-2-17-9(14)5-6-3-7(11)10(12)8(4-6)13(15)16/h3-4H,2,5,12H2,1H3. The summed E-state index contributed by atoms with van der Waals surface area (Å²) in [6, 6.07) is 2.64. The van der Waals surface area contributed by atoms with Gasteiger partial charge in [0.2, 0.25) is 0 Å². The maximum atomic E-state index is 11.2. The van der Waals surface area contributed by atoms with Crippen molar-refractivity contribution >= 4 is 28.9 Å². The number of hydrogen-bond donors (Lipinski definition) is 1. The van der Waals surface area contributed by atoms with E-state index in [0.29, 0.717) is 5.56 Å². The fourth-order valence-corrected chi connectivity index (χ4v) is 1.53. The topological polar surface area (TPSA) is 95.5 Å². The molecule has 0 spiro atoms. The summed E-state index contributed by atoms with van der Waals surface area (Å²) >= 11 is 5.74. The van der Waals surface area contributed by atoms with Crippen molar-refractivity contribution in [2.24, 2.45) is 0 Å². The number of carbonyl (C=O) groups is 1. The molecule has 2 N–H and O–H groups in total. The average molecular weight is 259 g/mol. The monoisotopic (exact) mass is 258 g/mol. The van der Waals surface area contributed by atoms with Crippen LogP contribution in [-0.4, -0.2) is 17.5 Å². The van der Waals surface area contributed by atoms with Crippen LogP contribution in [0.15, 0.2) is 12.1 Å². The highest BCUT2D eigenvalue weighted by Gasteiger charge is 2.17. The van der Waals surface area contributed by atoms with Crippen LogP contribution in [0.3, 0.4) is 0 Å². The summed E-state index contributed by atoms with van der Waals surface area (Å²) in [7, 11) is 0. The first-order chi connectivity index (χ1) is 7.95. The highest BCUT2D eigenvalue weighted by atomic mass is 35.5. The van der Waals surface area contributed by atoms with Crippen LogP contribution < -0.4 is 5.73 Å². The van der Waals surface area contributed by atoms with Gasteiger partial charge in [0, 0.05) is 6.07 Å². The molecule has 0 aliphatic carbocycles. The molecule has 1 rings (SSSR count). The summed E-state index contributed by atoms with van der Waals surface area (Å²) in [6.07, 6.45) is -0.0747. The van der Waals surface area contributed by atoms with E-state index in [1.54, 1.807) is 6.92 Å². The Labute approximate surface area is 102 Å². The number of rotatable bonds is 4. The smallest absolute Gasteiger partial charge is 0.310 e. The zero-order chi connectivity index (χ0) is 13.0. The lowest BCUT2D eigenvalue weighted by Gasteiger charge is -2.05. The predicted octanol–water partition coefficient (Wildman–Crippen LogP) is 1.94. The van der Waals surface area contributed by atoms with Crippen molar-refractivity contribution in [2.45, 2.75) is 13.3 Å². The van der Waals surface area contributed by atoms with E-state index < -0.39 is 10.9 Å². The Morgan fingerprint density at radius 2 is 2.24 bits per heavy atom. The largest absolute Gasteiger partial charge is 0.466 e. The summed E-state index contributed by atoms with van der Waals surface area (Å²) in [5.74, 6) is -0.470. The van der Waals surface area contributed by atoms with Gasteiger partial charge in [0.1, 0.15) is 5.69 Å². The number of halogens is 1. The van der Waals surface area contributed by atoms with E-state index in [1.165, 1.54) is 12.1 Å². The molecular weight excluding hydrogens is 248 g/mol. The van der Waals surface area contributed by atoms with E-state index in [2.05, 4.69) is 0 Å². The number of anilines is 1. The number of nitro benzene ring substituents is 1. The minimum atomic E-state index is -0.643. The maximum absolute atomic E-state index is 11.2. The zero-order valence-electron chi connectivity index (χ0n) is 9.10. The van der Waals surface area contributed by atoms with E-state index in [0.717, 1.165) is 0 Å². The number of nitrogens with zero attached hydrogens (tertiary/aromatic N) is 1. The highest BCUT2D eigenvalue weighted by molar-refractivity contribution is 6.33. The van der Waals surface area contributed by atoms with Gasteiger partial charge in [-0.2, -0.15) is 0 Å². The number of ether oxygens (including phenoxy) is 1. The first-order valence-electron chi connectivity index (χ1n) is 4.83. The third kappa shape index (κ3) is 3.32. The molecule has 17 heavy (non-hydrogen) atoms. The molecule has 6 nitrogen and oxygen atoms in total. The lowest BCUT2D eigenvalue weighted by Crippen LogP contribution is -2.08. The minimum Gasteiger partial charge on any atom is -0.466 e. The van der Waals surface area contributed by atoms with E-state index in [-0.39, 0.29) is 29.4 Å². The van der Waals surface area contributed by atoms with Gasteiger partial charge >= 0.3 is 5.97 Å². The molecule has 0 saturated heterocycles. The van der Waals surface area contributed by atoms with Gasteiger partial charge in [0.15, 0.2) is 0 Å². The second-order valence-electron chi connectivity index (χ2n) is 3.25. The Bertz CT molecular complexity index is 462. The van der Waals surface area contributed by atoms with Crippen LogP contribution in [0, 0.1) is 10.1 Å². The van der Waals surface area contributed by atoms with Crippen LogP contribution in [0.1, 0.15) is 12.5 Å². The zero-order valence-corrected chi connectivity index (χ0v) is 9.86. The minimum absolute atomic E-state index is 0.0542. The van der Waals surface area contributed by atoms with Crippen LogP contribution >= 0.6 is 11.6 Å². The van der Waals surface area contributed by atoms with Crippen LogP contribution in [0.2, 0.25) is 5.02 Å². The van der Waals surface area contributed by atoms with Gasteiger partial charge in [0.25, 0.3) is 5.69 Å². The van der Waals surface area contributed by atoms with Gasteiger partial charge in [-0.15, -0.1) is 0 Å². The number of nitrogens with two attached hydrogens (primary N) is 1. The van der Waals surface area contributed by atoms with Crippen LogP contribution in [0.5, 0.6) is 0 Å². The molecule has 92 valence electrons. The third-order valence-electron chi connectivity index (χ3n) is 2.02. The summed E-state index contributed by atoms with van der Waals surface area (Å²) in [5, 5.41) is 10.7. The van der Waals surface area contributed by atoms with Gasteiger partial charge < -0.3 is 10.5 Å². The number of nitro groups is 1. The van der Waals surface area contributed by atoms with Crippen molar-refractivity contribution in [1.82, 2.24) is 0 Å². The summed E-state index contributed by atoms with van der Waals surface area (Å²) in [6.45, 7) is 1.93. The molecule has 0 aromatic heterocycles. The van der Waals surface area contributed by atoms with Crippen molar-refractivity contribution in [3.63, 3.8) is 0 Å². The Hall–Kier alpha value is -1.82. The molecule has 0 amide bonds. The summed E-state index contributed by atoms with van der Waals surface area (Å²) < 4.78 is 4.73. The fourth-order valence-electron chi connectivity index (χ4n) is 1.29. The fraction of sp³-hybridized carbons (Fsp3) is 0.300. The SMILES string of the molecule is CCOC(=O)Cc1cc(Cl)c(N)c([N+](=O)[O-])c1. The Morgan fingerprint density at radius 3 is 2.76 bits per heavy atom. The first kappa shape index (κ1) is 13.2. The van der Waals surface area contributed by atoms with Crippen LogP contribution in [0.4, 0.5) is 11.4 Å². The van der Waals surface area contributed by atoms with E-state index >= 15 is 0 Å². The maximum Gasteiger partial charge on any atom is 0.310 e. The predicted molar refractivity (Wildman–Crippen MR) is 62.9 cm³/mol. The highest BCUT2D eigenvalue weighted by Crippen LogP contribution is 2.31. The van der Waals surface area contributed by atoms with Crippen LogP contribution in [0.25, 0.3) is 0 Å². The quantitative estimate of drug-likeness (QED) is 0.385. The number of benzene rings is 1. The van der Waals surface area contributed by atoms with Gasteiger partial charge in [0.05, 0.1) is 23.0 Å². The summed E-state index contributed by atoms with van der Waals surface area (Å²) in [4.78, 5) is 21.3. The molecule has 0 heterocycles. The third-order valence-corrected chi connectivity index (χ3v) is 2.33. The van der Waals surface area contributed by atoms with Gasteiger partial charge in [-0.3, -0.25) is 14.9 Å². The molecule has 0 unspecified atom stereocenters. The molecule has 0 saturated carbocycles. The summed E-state index contributed by atoms with van der Waals surface area (Å²) in [5.41, 5.74) is 5.43. The molecular formula is C10H11ClN2O4. The molecule has 0 bridgehead atoms. The number of esters is 1. The molecule has 0 atom stereocenters. The van der Waals surface area contributed by atoms with Crippen molar-refractivity contribution in [3.8, 4) is 0 Å². The average Bonchev–Trinajstić information content (AvgIpc) is 2.23. The number of hydrogen-bond acceptors (Lipinski definition) is 5. The lowest BCUT2D eigenvalue weighted by molar-refractivity contribution is -0.383. The second-order valence-corrected chi connectivity index (χ2v) is 3.66. The first-order valence-corrected chi connectivity index (χ1v) is 5.21. The molecule has 0 aliphatic rings. The number of carbonyl (C=O) groups excluding carboxylic acids is 1. The second kappa shape index (κ2) is 5.49. The van der Waals surface area contributed by atoms with E-state index in [4.69, 9.17) is 22.1 Å². The lowest BCUT2D eigenvalue weighted by atomic mass is 10.1. The van der Waals surface area contributed by atoms with E-state index in [9.17, 15) is 14.9 Å². The molecule has 7 heteroatoms. The molecule has 1 aromatic rings. The normalized spacial score (nSPS) is 10.0. The van der Waals surface area contributed by atoms with Crippen molar-refractivity contribution in [2.75, 3.05) is 12.3 Å². The van der Waals surface area contributed by atoms with Crippen molar-refractivity contribution < 1.29 is 14.5 Å². The molecule has 1 aromatic carbocycles. The Kier molecular flexibility index (Phi) is 4.28. The molecule has 0 radical (unpaired) electrons. The van der Waals surface area contributed by atoms with Crippen molar-refractivity contribution in [1.29, 1.82) is 0 Å². The molecule has 0 aliphatic heterocycles. The van der Waals surface area contributed by atoms with Gasteiger partial charge in [-0.05, 0) is 18.6 Å². The van der Waals surface area contributed by atoms with Crippen LogP contribution in [-0.2, 0) is 16.0 Å². The van der Waals surface area contributed by atoms with Gasteiger partial charge in [-0.25, -0.2) is 0 Å². The van der Waals surface area contributed by atoms with Crippen molar-refractivity contribution in [3.05, 3.63) is 32.8 Å². The number of nitrogen functional groups attached to an aromatic ring is 1. The Morgan fingerprint density at radius 1 is 1.59 bits per heavy atom. The Balaban J connectivity index is 3.02.